The van der Waals surface area contributed by atoms with Crippen LogP contribution in [0.5, 0.6) is 0 Å². The number of amides is 1. The molecule has 0 aliphatic carbocycles. The van der Waals surface area contributed by atoms with Crippen molar-refractivity contribution in [2.24, 2.45) is 0 Å². The van der Waals surface area contributed by atoms with Gasteiger partial charge in [0.05, 0.1) is 0 Å². The van der Waals surface area contributed by atoms with Crippen molar-refractivity contribution in [2.75, 3.05) is 5.88 Å². The second kappa shape index (κ2) is 3.79. The highest BCUT2D eigenvalue weighted by Gasteiger charge is 2.20. The standard InChI is InChI=1S/C8H11ClN2O2/c1-8(2,5-9)10-7(12)6-3-4-13-11-6/h3-4H,5H2,1-2H3,(H,10,12). The molecule has 1 amide bonds. The largest absolute Gasteiger partial charge is 0.364 e. The molecule has 0 saturated heterocycles. The second-order valence-electron chi connectivity index (χ2n) is 3.36. The Morgan fingerprint density at radius 2 is 2.46 bits per heavy atom. The molecule has 1 N–H and O–H groups in total. The van der Waals surface area contributed by atoms with Gasteiger partial charge in [-0.15, -0.1) is 11.6 Å². The van der Waals surface area contributed by atoms with E-state index in [4.69, 9.17) is 11.6 Å². The van der Waals surface area contributed by atoms with Gasteiger partial charge in [0.25, 0.3) is 5.91 Å². The van der Waals surface area contributed by atoms with Crippen LogP contribution in [0.25, 0.3) is 0 Å². The summed E-state index contributed by atoms with van der Waals surface area (Å²) in [5.41, 5.74) is -0.171. The summed E-state index contributed by atoms with van der Waals surface area (Å²) in [6.07, 6.45) is 1.35. The first-order valence-electron chi connectivity index (χ1n) is 3.84. The molecule has 1 aromatic rings. The number of nitrogens with zero attached hydrogens (tertiary/aromatic N) is 1. The lowest BCUT2D eigenvalue weighted by Crippen LogP contribution is -2.45. The molecule has 0 radical (unpaired) electrons. The zero-order chi connectivity index (χ0) is 9.90. The molecule has 5 heteroatoms. The molecule has 0 atom stereocenters. The van der Waals surface area contributed by atoms with Gasteiger partial charge in [-0.05, 0) is 13.8 Å². The molecule has 0 aromatic carbocycles. The monoisotopic (exact) mass is 202 g/mol. The highest BCUT2D eigenvalue weighted by molar-refractivity contribution is 6.18. The third kappa shape index (κ3) is 2.73. The van der Waals surface area contributed by atoms with Crippen molar-refractivity contribution in [3.05, 3.63) is 18.0 Å². The highest BCUT2D eigenvalue weighted by atomic mass is 35.5. The minimum atomic E-state index is -0.433. The molecule has 1 rings (SSSR count). The molecule has 4 nitrogen and oxygen atoms in total. The van der Waals surface area contributed by atoms with Gasteiger partial charge in [-0.2, -0.15) is 0 Å². The number of aromatic nitrogens is 1. The summed E-state index contributed by atoms with van der Waals surface area (Å²) >= 11 is 5.64. The van der Waals surface area contributed by atoms with Gasteiger partial charge in [0.1, 0.15) is 6.26 Å². The van der Waals surface area contributed by atoms with E-state index in [1.165, 1.54) is 12.3 Å². The van der Waals surface area contributed by atoms with Gasteiger partial charge in [0.15, 0.2) is 5.69 Å². The van der Waals surface area contributed by atoms with E-state index >= 15 is 0 Å². The van der Waals surface area contributed by atoms with Crippen molar-refractivity contribution in [3.63, 3.8) is 0 Å². The summed E-state index contributed by atoms with van der Waals surface area (Å²) < 4.78 is 4.54. The normalized spacial score (nSPS) is 11.3. The Balaban J connectivity index is 2.61. The maximum Gasteiger partial charge on any atom is 0.273 e. The molecule has 13 heavy (non-hydrogen) atoms. The number of alkyl halides is 1. The molecule has 0 aliphatic rings. The van der Waals surface area contributed by atoms with Crippen LogP contribution in [0.15, 0.2) is 16.9 Å². The van der Waals surface area contributed by atoms with Gasteiger partial charge in [0, 0.05) is 17.5 Å². The van der Waals surface area contributed by atoms with Gasteiger partial charge < -0.3 is 9.84 Å². The van der Waals surface area contributed by atoms with Gasteiger partial charge in [-0.3, -0.25) is 4.79 Å². The summed E-state index contributed by atoms with van der Waals surface area (Å²) in [6.45, 7) is 3.66. The lowest BCUT2D eigenvalue weighted by atomic mass is 10.1. The first-order valence-corrected chi connectivity index (χ1v) is 4.37. The predicted molar refractivity (Wildman–Crippen MR) is 48.8 cm³/mol. The Morgan fingerprint density at radius 3 is 2.92 bits per heavy atom. The van der Waals surface area contributed by atoms with Crippen molar-refractivity contribution in [3.8, 4) is 0 Å². The van der Waals surface area contributed by atoms with E-state index in [-0.39, 0.29) is 11.6 Å². The van der Waals surface area contributed by atoms with Crippen LogP contribution in [0, 0.1) is 0 Å². The average Bonchev–Trinajstić information content (AvgIpc) is 2.55. The fourth-order valence-corrected chi connectivity index (χ4v) is 0.801. The third-order valence-corrected chi connectivity index (χ3v) is 2.12. The zero-order valence-corrected chi connectivity index (χ0v) is 8.26. The minimum Gasteiger partial charge on any atom is -0.364 e. The third-order valence-electron chi connectivity index (χ3n) is 1.46. The Hall–Kier alpha value is -1.03. The van der Waals surface area contributed by atoms with Gasteiger partial charge in [-0.1, -0.05) is 5.16 Å². The molecule has 72 valence electrons. The summed E-state index contributed by atoms with van der Waals surface area (Å²) in [5, 5.41) is 6.22. The molecule has 0 bridgehead atoms. The van der Waals surface area contributed by atoms with Crippen LogP contribution < -0.4 is 5.32 Å². The van der Waals surface area contributed by atoms with Crippen LogP contribution in [0.3, 0.4) is 0 Å². The van der Waals surface area contributed by atoms with E-state index in [2.05, 4.69) is 15.0 Å². The SMILES string of the molecule is CC(C)(CCl)NC(=O)c1ccon1. The van der Waals surface area contributed by atoms with E-state index in [0.717, 1.165) is 0 Å². The number of rotatable bonds is 3. The van der Waals surface area contributed by atoms with E-state index in [1.54, 1.807) is 0 Å². The Kier molecular flexibility index (Phi) is 2.93. The number of hydrogen-bond donors (Lipinski definition) is 1. The van der Waals surface area contributed by atoms with E-state index in [9.17, 15) is 4.79 Å². The highest BCUT2D eigenvalue weighted by Crippen LogP contribution is 2.06. The number of carbonyl (C=O) groups is 1. The van der Waals surface area contributed by atoms with Crippen LogP contribution in [0.4, 0.5) is 0 Å². The Labute approximate surface area is 81.2 Å². The van der Waals surface area contributed by atoms with Gasteiger partial charge in [0.2, 0.25) is 0 Å². The summed E-state index contributed by atoms with van der Waals surface area (Å²) in [7, 11) is 0. The van der Waals surface area contributed by atoms with Crippen LogP contribution in [-0.4, -0.2) is 22.5 Å². The smallest absolute Gasteiger partial charge is 0.273 e. The van der Waals surface area contributed by atoms with E-state index in [0.29, 0.717) is 5.88 Å². The second-order valence-corrected chi connectivity index (χ2v) is 3.62. The van der Waals surface area contributed by atoms with Crippen molar-refractivity contribution >= 4 is 17.5 Å². The Morgan fingerprint density at radius 1 is 1.77 bits per heavy atom. The molecule has 1 heterocycles. The first-order chi connectivity index (χ1) is 6.05. The Bertz CT molecular complexity index is 282. The van der Waals surface area contributed by atoms with Gasteiger partial charge in [-0.25, -0.2) is 0 Å². The van der Waals surface area contributed by atoms with Crippen LogP contribution in [0.1, 0.15) is 24.3 Å². The number of hydrogen-bond acceptors (Lipinski definition) is 3. The molecule has 0 aliphatic heterocycles. The predicted octanol–water partition coefficient (Wildman–Crippen LogP) is 1.42. The maximum atomic E-state index is 11.4. The molecule has 0 saturated carbocycles. The number of nitrogens with one attached hydrogen (secondary N) is 1. The summed E-state index contributed by atoms with van der Waals surface area (Å²) in [5.74, 6) is 0.0655. The molecule has 0 fully saturated rings. The lowest BCUT2D eigenvalue weighted by molar-refractivity contribution is 0.0911. The quantitative estimate of drug-likeness (QED) is 0.755. The molecule has 0 spiro atoms. The van der Waals surface area contributed by atoms with Crippen molar-refractivity contribution in [1.82, 2.24) is 10.5 Å². The van der Waals surface area contributed by atoms with Crippen molar-refractivity contribution in [2.45, 2.75) is 19.4 Å². The van der Waals surface area contributed by atoms with E-state index < -0.39 is 5.54 Å². The van der Waals surface area contributed by atoms with Gasteiger partial charge >= 0.3 is 0 Å². The van der Waals surface area contributed by atoms with Crippen molar-refractivity contribution in [1.29, 1.82) is 0 Å². The van der Waals surface area contributed by atoms with Crippen molar-refractivity contribution < 1.29 is 9.32 Å². The zero-order valence-electron chi connectivity index (χ0n) is 7.50. The number of halogens is 1. The fraction of sp³-hybridized carbons (Fsp3) is 0.500. The molecule has 0 unspecified atom stereocenters. The average molecular weight is 203 g/mol. The topological polar surface area (TPSA) is 55.1 Å². The van der Waals surface area contributed by atoms with E-state index in [1.807, 2.05) is 13.8 Å². The first kappa shape index (κ1) is 10.1. The van der Waals surface area contributed by atoms with Crippen LogP contribution in [-0.2, 0) is 0 Å². The molecular formula is C8H11ClN2O2. The number of carbonyl (C=O) groups excluding carboxylic acids is 1. The fourth-order valence-electron chi connectivity index (χ4n) is 0.734. The van der Waals surface area contributed by atoms with Crippen LogP contribution >= 0.6 is 11.6 Å². The van der Waals surface area contributed by atoms with Crippen LogP contribution in [0.2, 0.25) is 0 Å². The minimum absolute atomic E-state index is 0.262. The lowest BCUT2D eigenvalue weighted by Gasteiger charge is -2.22. The molecular weight excluding hydrogens is 192 g/mol. The maximum absolute atomic E-state index is 11.4. The molecule has 1 aromatic heterocycles. The summed E-state index contributed by atoms with van der Waals surface area (Å²) in [6, 6.07) is 1.50. The summed E-state index contributed by atoms with van der Waals surface area (Å²) in [4.78, 5) is 11.4.